The van der Waals surface area contributed by atoms with Crippen LogP contribution >= 0.6 is 0 Å². The number of β-amino-alcohol motifs (C(OH)–C–C–N with tert-alkyl or cyclic N) is 1. The van der Waals surface area contributed by atoms with Crippen LogP contribution in [0, 0.1) is 15.9 Å². The van der Waals surface area contributed by atoms with Gasteiger partial charge in [-0.1, -0.05) is 0 Å². The molecule has 102 valence electrons. The van der Waals surface area contributed by atoms with E-state index in [9.17, 15) is 24.4 Å². The number of aliphatic hydroxyl groups is 1. The Hall–Kier alpha value is -2.02. The first-order chi connectivity index (χ1) is 8.99. The third-order valence-corrected chi connectivity index (χ3v) is 3.07. The molecule has 7 heteroatoms. The molecule has 19 heavy (non-hydrogen) atoms. The first kappa shape index (κ1) is 13.4. The number of piperidine rings is 1. The Balaban J connectivity index is 2.24. The summed E-state index contributed by atoms with van der Waals surface area (Å²) in [6, 6.07) is 3.05. The molecule has 1 aliphatic heterocycles. The van der Waals surface area contributed by atoms with Gasteiger partial charge in [-0.2, -0.15) is 4.39 Å². The fourth-order valence-electron chi connectivity index (χ4n) is 2.11. The lowest BCUT2D eigenvalue weighted by Crippen LogP contribution is -2.42. The highest BCUT2D eigenvalue weighted by Gasteiger charge is 2.25. The number of nitrogens with zero attached hydrogens (tertiary/aromatic N) is 2. The molecule has 1 fully saturated rings. The number of aliphatic hydroxyl groups excluding tert-OH is 1. The van der Waals surface area contributed by atoms with Crippen molar-refractivity contribution >= 4 is 11.6 Å². The first-order valence-corrected chi connectivity index (χ1v) is 5.90. The van der Waals surface area contributed by atoms with Crippen LogP contribution in [0.4, 0.5) is 10.1 Å². The highest BCUT2D eigenvalue weighted by Crippen LogP contribution is 2.21. The van der Waals surface area contributed by atoms with E-state index in [2.05, 4.69) is 0 Å². The third kappa shape index (κ3) is 2.87. The van der Waals surface area contributed by atoms with Crippen molar-refractivity contribution in [3.05, 3.63) is 39.7 Å². The van der Waals surface area contributed by atoms with Gasteiger partial charge in [-0.15, -0.1) is 0 Å². The van der Waals surface area contributed by atoms with Crippen LogP contribution in [0.5, 0.6) is 0 Å². The number of likely N-dealkylation sites (tertiary alicyclic amines) is 1. The number of amides is 1. The summed E-state index contributed by atoms with van der Waals surface area (Å²) in [7, 11) is 0. The van der Waals surface area contributed by atoms with Crippen LogP contribution in [0.1, 0.15) is 23.2 Å². The monoisotopic (exact) mass is 268 g/mol. The van der Waals surface area contributed by atoms with Crippen LogP contribution in [-0.2, 0) is 0 Å². The summed E-state index contributed by atoms with van der Waals surface area (Å²) in [4.78, 5) is 23.3. The quantitative estimate of drug-likeness (QED) is 0.648. The minimum absolute atomic E-state index is 0.0576. The van der Waals surface area contributed by atoms with Gasteiger partial charge in [0.25, 0.3) is 5.91 Å². The van der Waals surface area contributed by atoms with E-state index < -0.39 is 28.4 Å². The first-order valence-electron chi connectivity index (χ1n) is 5.90. The predicted molar refractivity (Wildman–Crippen MR) is 64.2 cm³/mol. The second kappa shape index (κ2) is 5.31. The molecule has 0 aliphatic carbocycles. The molecule has 2 rings (SSSR count). The zero-order valence-electron chi connectivity index (χ0n) is 10.1. The van der Waals surface area contributed by atoms with Gasteiger partial charge in [-0.3, -0.25) is 14.9 Å². The zero-order valence-corrected chi connectivity index (χ0v) is 10.1. The van der Waals surface area contributed by atoms with Crippen molar-refractivity contribution in [2.45, 2.75) is 18.9 Å². The molecule has 6 nitrogen and oxygen atoms in total. The topological polar surface area (TPSA) is 83.7 Å². The molecule has 1 amide bonds. The number of nitro groups is 1. The van der Waals surface area contributed by atoms with Crippen molar-refractivity contribution in [2.75, 3.05) is 13.1 Å². The fourth-order valence-corrected chi connectivity index (χ4v) is 2.11. The summed E-state index contributed by atoms with van der Waals surface area (Å²) < 4.78 is 13.2. The zero-order chi connectivity index (χ0) is 14.0. The summed E-state index contributed by atoms with van der Waals surface area (Å²) >= 11 is 0. The molecule has 0 spiro atoms. The van der Waals surface area contributed by atoms with Crippen LogP contribution in [0.2, 0.25) is 0 Å². The number of carbonyl (C=O) groups is 1. The van der Waals surface area contributed by atoms with Crippen LogP contribution < -0.4 is 0 Å². The van der Waals surface area contributed by atoms with E-state index in [1.54, 1.807) is 0 Å². The average Bonchev–Trinajstić information content (AvgIpc) is 2.38. The summed E-state index contributed by atoms with van der Waals surface area (Å²) in [5, 5.41) is 20.1. The third-order valence-electron chi connectivity index (χ3n) is 3.07. The van der Waals surface area contributed by atoms with Crippen molar-refractivity contribution in [3.8, 4) is 0 Å². The van der Waals surface area contributed by atoms with E-state index in [-0.39, 0.29) is 12.1 Å². The Morgan fingerprint density at radius 2 is 2.26 bits per heavy atom. The molecule has 0 radical (unpaired) electrons. The number of rotatable bonds is 2. The fraction of sp³-hybridized carbons (Fsp3) is 0.417. The Labute approximate surface area is 108 Å². The van der Waals surface area contributed by atoms with Gasteiger partial charge in [0, 0.05) is 24.7 Å². The van der Waals surface area contributed by atoms with Gasteiger partial charge in [0.15, 0.2) is 0 Å². The Bertz CT molecular complexity index is 520. The van der Waals surface area contributed by atoms with E-state index in [0.717, 1.165) is 12.1 Å². The lowest BCUT2D eigenvalue weighted by atomic mass is 10.1. The van der Waals surface area contributed by atoms with Gasteiger partial charge in [-0.05, 0) is 25.0 Å². The summed E-state index contributed by atoms with van der Waals surface area (Å²) in [6.45, 7) is 0.686. The molecule has 0 bridgehead atoms. The van der Waals surface area contributed by atoms with Crippen molar-refractivity contribution in [1.82, 2.24) is 4.90 Å². The number of nitro benzene ring substituents is 1. The number of carbonyl (C=O) groups excluding carboxylic acids is 1. The summed E-state index contributed by atoms with van der Waals surface area (Å²) in [5.41, 5.74) is -0.661. The minimum atomic E-state index is -0.972. The van der Waals surface area contributed by atoms with Gasteiger partial charge in [0.1, 0.15) is 0 Å². The number of hydrogen-bond donors (Lipinski definition) is 1. The maximum Gasteiger partial charge on any atom is 0.305 e. The molecule has 1 atom stereocenters. The molecule has 1 saturated heterocycles. The molecule has 1 aliphatic rings. The van der Waals surface area contributed by atoms with E-state index in [1.165, 1.54) is 11.0 Å². The Morgan fingerprint density at radius 1 is 1.53 bits per heavy atom. The molecule has 0 saturated carbocycles. The van der Waals surface area contributed by atoms with Gasteiger partial charge in [-0.25, -0.2) is 0 Å². The van der Waals surface area contributed by atoms with Gasteiger partial charge in [0.2, 0.25) is 5.82 Å². The largest absolute Gasteiger partial charge is 0.391 e. The van der Waals surface area contributed by atoms with Crippen LogP contribution in [0.15, 0.2) is 18.2 Å². The van der Waals surface area contributed by atoms with Crippen molar-refractivity contribution < 1.29 is 19.2 Å². The predicted octanol–water partition coefficient (Wildman–Crippen LogP) is 1.33. The number of benzene rings is 1. The normalized spacial score (nSPS) is 19.3. The molecule has 1 unspecified atom stereocenters. The second-order valence-corrected chi connectivity index (χ2v) is 4.47. The summed E-state index contributed by atoms with van der Waals surface area (Å²) in [5.74, 6) is -1.40. The van der Waals surface area contributed by atoms with E-state index in [1.807, 2.05) is 0 Å². The molecular weight excluding hydrogens is 255 g/mol. The minimum Gasteiger partial charge on any atom is -0.391 e. The van der Waals surface area contributed by atoms with Crippen LogP contribution in [0.25, 0.3) is 0 Å². The van der Waals surface area contributed by atoms with Gasteiger partial charge < -0.3 is 10.0 Å². The second-order valence-electron chi connectivity index (χ2n) is 4.47. The molecule has 1 heterocycles. The Kier molecular flexibility index (Phi) is 3.75. The molecule has 1 aromatic rings. The molecule has 0 aromatic heterocycles. The maximum absolute atomic E-state index is 13.2. The maximum atomic E-state index is 13.2. The number of halogens is 1. The average molecular weight is 268 g/mol. The highest BCUT2D eigenvalue weighted by molar-refractivity contribution is 5.95. The lowest BCUT2D eigenvalue weighted by molar-refractivity contribution is -0.387. The van der Waals surface area contributed by atoms with Crippen LogP contribution in [-0.4, -0.2) is 40.0 Å². The lowest BCUT2D eigenvalue weighted by Gasteiger charge is -2.30. The molecule has 1 aromatic carbocycles. The van der Waals surface area contributed by atoms with E-state index in [4.69, 9.17) is 0 Å². The smallest absolute Gasteiger partial charge is 0.305 e. The van der Waals surface area contributed by atoms with Gasteiger partial charge in [0.05, 0.1) is 11.0 Å². The number of hydrogen-bond acceptors (Lipinski definition) is 4. The molecular formula is C12H13FN2O4. The SMILES string of the molecule is O=C(c1ccc(F)c([N+](=O)[O-])c1)N1CCCC(O)C1. The molecule has 1 N–H and O–H groups in total. The van der Waals surface area contributed by atoms with Gasteiger partial charge >= 0.3 is 5.69 Å². The Morgan fingerprint density at radius 3 is 2.89 bits per heavy atom. The standard InChI is InChI=1S/C12H13FN2O4/c13-10-4-3-8(6-11(10)15(18)19)12(17)14-5-1-2-9(16)7-14/h3-4,6,9,16H,1-2,5,7H2. The van der Waals surface area contributed by atoms with Crippen molar-refractivity contribution in [1.29, 1.82) is 0 Å². The van der Waals surface area contributed by atoms with Crippen molar-refractivity contribution in [2.24, 2.45) is 0 Å². The highest BCUT2D eigenvalue weighted by atomic mass is 19.1. The van der Waals surface area contributed by atoms with Crippen molar-refractivity contribution in [3.63, 3.8) is 0 Å². The summed E-state index contributed by atoms with van der Waals surface area (Å²) in [6.07, 6.45) is 0.733. The van der Waals surface area contributed by atoms with E-state index in [0.29, 0.717) is 19.4 Å². The van der Waals surface area contributed by atoms with E-state index >= 15 is 0 Å². The van der Waals surface area contributed by atoms with Crippen LogP contribution in [0.3, 0.4) is 0 Å².